The summed E-state index contributed by atoms with van der Waals surface area (Å²) in [6.07, 6.45) is 0. The van der Waals surface area contributed by atoms with E-state index in [1.165, 1.54) is 0 Å². The molecule has 0 aliphatic carbocycles. The minimum Gasteiger partial charge on any atom is -0.496 e. The third kappa shape index (κ3) is 3.73. The van der Waals surface area contributed by atoms with Crippen molar-refractivity contribution in [1.29, 1.82) is 0 Å². The first-order valence-electron chi connectivity index (χ1n) is 4.80. The van der Waals surface area contributed by atoms with Crippen molar-refractivity contribution in [3.05, 3.63) is 28.2 Å². The van der Waals surface area contributed by atoms with Gasteiger partial charge in [-0.1, -0.05) is 31.6 Å². The lowest BCUT2D eigenvalue weighted by atomic mass is 10.2. The molecule has 15 heavy (non-hydrogen) atoms. The quantitative estimate of drug-likeness (QED) is 0.564. The number of benzene rings is 1. The summed E-state index contributed by atoms with van der Waals surface area (Å²) in [6, 6.07) is 5.88. The number of hydrogen-bond donors (Lipinski definition) is 0. The van der Waals surface area contributed by atoms with Gasteiger partial charge in [0.15, 0.2) is 0 Å². The smallest absolute Gasteiger partial charge is 0.134 e. The maximum absolute atomic E-state index is 5.21. The fourth-order valence-corrected chi connectivity index (χ4v) is 2.05. The number of ether oxygens (including phenoxy) is 1. The topological polar surface area (TPSA) is 9.23 Å². The highest BCUT2D eigenvalue weighted by Gasteiger charge is 2.08. The number of methoxy groups -OCH3 is 1. The van der Waals surface area contributed by atoms with Crippen LogP contribution < -0.4 is 4.74 Å². The van der Waals surface area contributed by atoms with Gasteiger partial charge in [0.2, 0.25) is 0 Å². The third-order valence-electron chi connectivity index (χ3n) is 1.76. The summed E-state index contributed by atoms with van der Waals surface area (Å²) in [5.41, 5.74) is 4.33. The molecule has 80 valence electrons. The molecule has 0 amide bonds. The van der Waals surface area contributed by atoms with E-state index in [1.54, 1.807) is 7.11 Å². The molecule has 0 fully saturated rings. The van der Waals surface area contributed by atoms with Gasteiger partial charge < -0.3 is 4.74 Å². The van der Waals surface area contributed by atoms with E-state index in [0.717, 1.165) is 15.8 Å². The molecular weight excluding hydrogens is 268 g/mol. The molecule has 0 heterocycles. The Hall–Kier alpha value is -0.723. The van der Waals surface area contributed by atoms with Crippen LogP contribution in [0.3, 0.4) is 0 Å². The largest absolute Gasteiger partial charge is 0.496 e. The van der Waals surface area contributed by atoms with Gasteiger partial charge in [0, 0.05) is 5.56 Å². The highest BCUT2D eigenvalue weighted by atomic mass is 79.9. The summed E-state index contributed by atoms with van der Waals surface area (Å²) in [5.74, 6) is 4.04. The molecule has 0 bridgehead atoms. The summed E-state index contributed by atoms with van der Waals surface area (Å²) < 4.78 is 6.16. The zero-order valence-corrected chi connectivity index (χ0v) is 12.1. The second-order valence-corrected chi connectivity index (χ2v) is 9.86. The van der Waals surface area contributed by atoms with Crippen LogP contribution in [-0.2, 0) is 0 Å². The summed E-state index contributed by atoms with van der Waals surface area (Å²) in [4.78, 5) is 0. The van der Waals surface area contributed by atoms with E-state index in [-0.39, 0.29) is 0 Å². The number of rotatable bonds is 1. The van der Waals surface area contributed by atoms with Crippen molar-refractivity contribution in [3.8, 4) is 17.2 Å². The Morgan fingerprint density at radius 3 is 2.47 bits per heavy atom. The average molecular weight is 283 g/mol. The van der Waals surface area contributed by atoms with E-state index in [0.29, 0.717) is 0 Å². The SMILES string of the molecule is COc1cccc(C#C[Si](C)(C)C)c1Br. The van der Waals surface area contributed by atoms with Gasteiger partial charge >= 0.3 is 0 Å². The van der Waals surface area contributed by atoms with E-state index >= 15 is 0 Å². The van der Waals surface area contributed by atoms with Gasteiger partial charge in [-0.25, -0.2) is 0 Å². The minimum atomic E-state index is -1.31. The maximum Gasteiger partial charge on any atom is 0.134 e. The van der Waals surface area contributed by atoms with E-state index < -0.39 is 8.07 Å². The van der Waals surface area contributed by atoms with E-state index in [2.05, 4.69) is 47.0 Å². The van der Waals surface area contributed by atoms with Gasteiger partial charge in [-0.3, -0.25) is 0 Å². The number of halogens is 1. The molecule has 0 saturated heterocycles. The van der Waals surface area contributed by atoms with Crippen molar-refractivity contribution >= 4 is 24.0 Å². The molecule has 1 rings (SSSR count). The Labute approximate surface area is 101 Å². The lowest BCUT2D eigenvalue weighted by molar-refractivity contribution is 0.412. The first-order valence-corrected chi connectivity index (χ1v) is 9.09. The Bertz CT molecular complexity index is 410. The van der Waals surface area contributed by atoms with Crippen molar-refractivity contribution in [2.45, 2.75) is 19.6 Å². The Kier molecular flexibility index (Phi) is 4.01. The van der Waals surface area contributed by atoms with E-state index in [1.807, 2.05) is 18.2 Å². The zero-order valence-electron chi connectivity index (χ0n) is 9.52. The van der Waals surface area contributed by atoms with Gasteiger partial charge in [-0.15, -0.1) is 5.54 Å². The van der Waals surface area contributed by atoms with Crippen LogP contribution in [0.5, 0.6) is 5.75 Å². The molecule has 0 unspecified atom stereocenters. The Morgan fingerprint density at radius 2 is 1.93 bits per heavy atom. The van der Waals surface area contributed by atoms with Crippen molar-refractivity contribution in [2.24, 2.45) is 0 Å². The summed E-state index contributed by atoms with van der Waals surface area (Å²) in [6.45, 7) is 6.69. The minimum absolute atomic E-state index is 0.831. The van der Waals surface area contributed by atoms with Crippen molar-refractivity contribution < 1.29 is 4.74 Å². The molecule has 0 aliphatic heterocycles. The molecule has 1 aromatic rings. The predicted octanol–water partition coefficient (Wildman–Crippen LogP) is 3.69. The third-order valence-corrected chi connectivity index (χ3v) is 3.45. The molecule has 1 nitrogen and oxygen atoms in total. The van der Waals surface area contributed by atoms with Crippen LogP contribution in [-0.4, -0.2) is 15.2 Å². The lowest BCUT2D eigenvalue weighted by Gasteiger charge is -2.06. The lowest BCUT2D eigenvalue weighted by Crippen LogP contribution is -2.16. The van der Waals surface area contributed by atoms with Crippen molar-refractivity contribution in [3.63, 3.8) is 0 Å². The molecule has 1 aromatic carbocycles. The van der Waals surface area contributed by atoms with Crippen LogP contribution in [0.15, 0.2) is 22.7 Å². The summed E-state index contributed by atoms with van der Waals surface area (Å²) in [5, 5.41) is 0. The van der Waals surface area contributed by atoms with Crippen LogP contribution in [0.25, 0.3) is 0 Å². The van der Waals surface area contributed by atoms with E-state index in [9.17, 15) is 0 Å². The normalized spacial score (nSPS) is 10.5. The molecule has 0 atom stereocenters. The molecule has 3 heteroatoms. The van der Waals surface area contributed by atoms with Gasteiger partial charge in [-0.2, -0.15) is 0 Å². The van der Waals surface area contributed by atoms with Gasteiger partial charge in [-0.05, 0) is 28.1 Å². The standard InChI is InChI=1S/C12H15BrOSi/c1-14-11-7-5-6-10(12(11)13)8-9-15(2,3)4/h5-7H,1-4H3. The molecule has 0 spiro atoms. The average Bonchev–Trinajstić information content (AvgIpc) is 2.15. The maximum atomic E-state index is 5.21. The fraction of sp³-hybridized carbons (Fsp3) is 0.333. The first-order chi connectivity index (χ1) is 6.94. The Morgan fingerprint density at radius 1 is 1.27 bits per heavy atom. The van der Waals surface area contributed by atoms with Gasteiger partial charge in [0.25, 0.3) is 0 Å². The number of hydrogen-bond acceptors (Lipinski definition) is 1. The summed E-state index contributed by atoms with van der Waals surface area (Å²) >= 11 is 3.50. The molecule has 0 N–H and O–H groups in total. The summed E-state index contributed by atoms with van der Waals surface area (Å²) in [7, 11) is 0.349. The van der Waals surface area contributed by atoms with Gasteiger partial charge in [0.05, 0.1) is 11.6 Å². The van der Waals surface area contributed by atoms with Crippen LogP contribution in [0.2, 0.25) is 19.6 Å². The zero-order chi connectivity index (χ0) is 11.5. The second-order valence-electron chi connectivity index (χ2n) is 4.32. The predicted molar refractivity (Wildman–Crippen MR) is 70.9 cm³/mol. The van der Waals surface area contributed by atoms with Crippen molar-refractivity contribution in [2.75, 3.05) is 7.11 Å². The highest BCUT2D eigenvalue weighted by molar-refractivity contribution is 9.10. The first kappa shape index (κ1) is 12.3. The fourth-order valence-electron chi connectivity index (χ4n) is 1.02. The molecular formula is C12H15BrOSi. The Balaban J connectivity index is 3.10. The van der Waals surface area contributed by atoms with Crippen molar-refractivity contribution in [1.82, 2.24) is 0 Å². The second kappa shape index (κ2) is 4.87. The highest BCUT2D eigenvalue weighted by Crippen LogP contribution is 2.27. The monoisotopic (exact) mass is 282 g/mol. The molecule has 0 saturated carbocycles. The van der Waals surface area contributed by atoms with E-state index in [4.69, 9.17) is 4.74 Å². The van der Waals surface area contributed by atoms with Crippen LogP contribution >= 0.6 is 15.9 Å². The van der Waals surface area contributed by atoms with Crippen LogP contribution in [0.1, 0.15) is 5.56 Å². The molecule has 0 aliphatic rings. The molecule has 0 aromatic heterocycles. The van der Waals surface area contributed by atoms with Crippen LogP contribution in [0.4, 0.5) is 0 Å². The van der Waals surface area contributed by atoms with Gasteiger partial charge in [0.1, 0.15) is 13.8 Å². The molecule has 0 radical (unpaired) electrons. The van der Waals surface area contributed by atoms with Crippen LogP contribution in [0, 0.1) is 11.5 Å².